The van der Waals surface area contributed by atoms with Gasteiger partial charge in [-0.2, -0.15) is 5.10 Å². The second kappa shape index (κ2) is 6.08. The molecule has 0 spiro atoms. The minimum absolute atomic E-state index is 0.121. The summed E-state index contributed by atoms with van der Waals surface area (Å²) in [6, 6.07) is 8.69. The number of methoxy groups -OCH3 is 1. The number of ether oxygens (including phenoxy) is 1. The number of hydrogen-bond donors (Lipinski definition) is 1. The molecule has 110 valence electrons. The first-order valence-corrected chi connectivity index (χ1v) is 6.25. The van der Waals surface area contributed by atoms with Crippen LogP contribution in [0.1, 0.15) is 10.5 Å². The van der Waals surface area contributed by atoms with Gasteiger partial charge in [-0.1, -0.05) is 0 Å². The summed E-state index contributed by atoms with van der Waals surface area (Å²) in [6.45, 7) is -0.121. The largest absolute Gasteiger partial charge is 0.468 e. The SMILES string of the molecule is COC(=O)CN(C)C(=O)c1ccn(-c2ccc(N)cc2)n1. The Hall–Kier alpha value is -2.83. The molecule has 0 atom stereocenters. The summed E-state index contributed by atoms with van der Waals surface area (Å²) < 4.78 is 6.09. The van der Waals surface area contributed by atoms with Crippen molar-refractivity contribution in [3.63, 3.8) is 0 Å². The lowest BCUT2D eigenvalue weighted by Crippen LogP contribution is -2.33. The molecule has 1 heterocycles. The predicted molar refractivity (Wildman–Crippen MR) is 77.0 cm³/mol. The highest BCUT2D eigenvalue weighted by atomic mass is 16.5. The van der Waals surface area contributed by atoms with Gasteiger partial charge in [0.2, 0.25) is 0 Å². The molecule has 21 heavy (non-hydrogen) atoms. The van der Waals surface area contributed by atoms with E-state index in [0.29, 0.717) is 5.69 Å². The average Bonchev–Trinajstić information content (AvgIpc) is 2.96. The van der Waals surface area contributed by atoms with Crippen molar-refractivity contribution in [2.45, 2.75) is 0 Å². The van der Waals surface area contributed by atoms with Gasteiger partial charge in [-0.15, -0.1) is 0 Å². The number of anilines is 1. The van der Waals surface area contributed by atoms with Crippen molar-refractivity contribution in [2.75, 3.05) is 26.4 Å². The van der Waals surface area contributed by atoms with Crippen molar-refractivity contribution in [3.05, 3.63) is 42.2 Å². The lowest BCUT2D eigenvalue weighted by Gasteiger charge is -2.13. The molecule has 7 heteroatoms. The molecule has 0 unspecified atom stereocenters. The first-order valence-electron chi connectivity index (χ1n) is 6.25. The summed E-state index contributed by atoms with van der Waals surface area (Å²) in [5.74, 6) is -0.835. The van der Waals surface area contributed by atoms with Gasteiger partial charge in [-0.25, -0.2) is 4.68 Å². The number of nitrogen functional groups attached to an aromatic ring is 1. The lowest BCUT2D eigenvalue weighted by atomic mass is 10.3. The van der Waals surface area contributed by atoms with Crippen LogP contribution in [0.25, 0.3) is 5.69 Å². The zero-order valence-electron chi connectivity index (χ0n) is 11.8. The van der Waals surface area contributed by atoms with Crippen LogP contribution in [0, 0.1) is 0 Å². The number of carbonyl (C=O) groups is 2. The van der Waals surface area contributed by atoms with Gasteiger partial charge in [0.05, 0.1) is 12.8 Å². The van der Waals surface area contributed by atoms with Crippen LogP contribution >= 0.6 is 0 Å². The smallest absolute Gasteiger partial charge is 0.325 e. The molecular formula is C14H16N4O3. The minimum atomic E-state index is -0.483. The number of hydrogen-bond acceptors (Lipinski definition) is 5. The van der Waals surface area contributed by atoms with E-state index >= 15 is 0 Å². The Morgan fingerprint density at radius 2 is 1.95 bits per heavy atom. The standard InChI is InChI=1S/C14H16N4O3/c1-17(9-13(19)21-2)14(20)12-7-8-18(16-12)11-5-3-10(15)4-6-11/h3-8H,9,15H2,1-2H3. The summed E-state index contributed by atoms with van der Waals surface area (Å²) in [7, 11) is 2.79. The number of amides is 1. The summed E-state index contributed by atoms with van der Waals surface area (Å²) in [4.78, 5) is 24.5. The summed E-state index contributed by atoms with van der Waals surface area (Å²) >= 11 is 0. The first-order chi connectivity index (χ1) is 10.0. The number of nitrogens with two attached hydrogens (primary N) is 1. The van der Waals surface area contributed by atoms with E-state index in [0.717, 1.165) is 5.69 Å². The van der Waals surface area contributed by atoms with E-state index < -0.39 is 5.97 Å². The Balaban J connectivity index is 2.14. The topological polar surface area (TPSA) is 90.5 Å². The minimum Gasteiger partial charge on any atom is -0.468 e. The fraction of sp³-hybridized carbons (Fsp3) is 0.214. The third-order valence-electron chi connectivity index (χ3n) is 2.91. The maximum absolute atomic E-state index is 12.1. The van der Waals surface area contributed by atoms with E-state index in [1.165, 1.54) is 19.1 Å². The monoisotopic (exact) mass is 288 g/mol. The molecule has 1 aromatic carbocycles. The number of esters is 1. The molecule has 0 radical (unpaired) electrons. The van der Waals surface area contributed by atoms with Gasteiger partial charge >= 0.3 is 5.97 Å². The van der Waals surface area contributed by atoms with Crippen LogP contribution in [0.4, 0.5) is 5.69 Å². The van der Waals surface area contributed by atoms with E-state index in [2.05, 4.69) is 9.84 Å². The van der Waals surface area contributed by atoms with Gasteiger partial charge < -0.3 is 15.4 Å². The van der Waals surface area contributed by atoms with Crippen LogP contribution < -0.4 is 5.73 Å². The molecular weight excluding hydrogens is 272 g/mol. The summed E-state index contributed by atoms with van der Waals surface area (Å²) in [5, 5.41) is 4.20. The Bertz CT molecular complexity index is 648. The molecule has 0 aliphatic heterocycles. The van der Waals surface area contributed by atoms with Crippen molar-refractivity contribution in [2.24, 2.45) is 0 Å². The van der Waals surface area contributed by atoms with E-state index in [9.17, 15) is 9.59 Å². The van der Waals surface area contributed by atoms with Crippen molar-refractivity contribution in [3.8, 4) is 5.69 Å². The van der Waals surface area contributed by atoms with E-state index in [1.54, 1.807) is 41.2 Å². The van der Waals surface area contributed by atoms with E-state index in [1.807, 2.05) is 0 Å². The number of carbonyl (C=O) groups excluding carboxylic acids is 2. The zero-order valence-corrected chi connectivity index (χ0v) is 11.8. The molecule has 0 aliphatic rings. The van der Waals surface area contributed by atoms with Crippen LogP contribution in [-0.4, -0.2) is 47.3 Å². The predicted octanol–water partition coefficient (Wildman–Crippen LogP) is 0.699. The summed E-state index contributed by atoms with van der Waals surface area (Å²) in [6.07, 6.45) is 1.67. The number of likely N-dealkylation sites (N-methyl/N-ethyl adjacent to an activating group) is 1. The highest BCUT2D eigenvalue weighted by Crippen LogP contribution is 2.11. The molecule has 2 rings (SSSR count). The number of benzene rings is 1. The normalized spacial score (nSPS) is 10.2. The molecule has 1 amide bonds. The Morgan fingerprint density at radius 1 is 1.29 bits per heavy atom. The quantitative estimate of drug-likeness (QED) is 0.660. The molecule has 1 aromatic heterocycles. The van der Waals surface area contributed by atoms with Gasteiger partial charge in [0, 0.05) is 18.9 Å². The second-order valence-electron chi connectivity index (χ2n) is 4.47. The van der Waals surface area contributed by atoms with Crippen LogP contribution in [0.3, 0.4) is 0 Å². The van der Waals surface area contributed by atoms with Crippen molar-refractivity contribution in [1.29, 1.82) is 0 Å². The molecule has 0 bridgehead atoms. The Labute approximate surface area is 121 Å². The molecule has 2 N–H and O–H groups in total. The molecule has 0 aliphatic carbocycles. The van der Waals surface area contributed by atoms with Crippen molar-refractivity contribution in [1.82, 2.24) is 14.7 Å². The van der Waals surface area contributed by atoms with Crippen LogP contribution in [-0.2, 0) is 9.53 Å². The fourth-order valence-corrected chi connectivity index (χ4v) is 1.73. The first kappa shape index (κ1) is 14.6. The Kier molecular flexibility index (Phi) is 4.22. The van der Waals surface area contributed by atoms with Gasteiger partial charge in [0.1, 0.15) is 6.54 Å². The maximum atomic E-state index is 12.1. The second-order valence-corrected chi connectivity index (χ2v) is 4.47. The van der Waals surface area contributed by atoms with Gasteiger partial charge in [-0.3, -0.25) is 9.59 Å². The van der Waals surface area contributed by atoms with Crippen LogP contribution in [0.2, 0.25) is 0 Å². The van der Waals surface area contributed by atoms with Crippen LogP contribution in [0.5, 0.6) is 0 Å². The number of rotatable bonds is 4. The molecule has 0 saturated carbocycles. The molecule has 0 fully saturated rings. The molecule has 2 aromatic rings. The number of nitrogens with zero attached hydrogens (tertiary/aromatic N) is 3. The third-order valence-corrected chi connectivity index (χ3v) is 2.91. The fourth-order valence-electron chi connectivity index (χ4n) is 1.73. The molecule has 0 saturated heterocycles. The van der Waals surface area contributed by atoms with Crippen molar-refractivity contribution >= 4 is 17.6 Å². The van der Waals surface area contributed by atoms with E-state index in [4.69, 9.17) is 5.73 Å². The van der Waals surface area contributed by atoms with Crippen molar-refractivity contribution < 1.29 is 14.3 Å². The lowest BCUT2D eigenvalue weighted by molar-refractivity contribution is -0.141. The highest BCUT2D eigenvalue weighted by molar-refractivity contribution is 5.94. The van der Waals surface area contributed by atoms with E-state index in [-0.39, 0.29) is 18.1 Å². The zero-order chi connectivity index (χ0) is 15.4. The third kappa shape index (κ3) is 3.38. The van der Waals surface area contributed by atoms with Gasteiger partial charge in [0.25, 0.3) is 5.91 Å². The van der Waals surface area contributed by atoms with Gasteiger partial charge in [0.15, 0.2) is 5.69 Å². The highest BCUT2D eigenvalue weighted by Gasteiger charge is 2.17. The summed E-state index contributed by atoms with van der Waals surface area (Å²) in [5.41, 5.74) is 7.31. The van der Waals surface area contributed by atoms with Gasteiger partial charge in [-0.05, 0) is 30.3 Å². The Morgan fingerprint density at radius 3 is 2.57 bits per heavy atom. The maximum Gasteiger partial charge on any atom is 0.325 e. The number of aromatic nitrogens is 2. The molecule has 7 nitrogen and oxygen atoms in total. The van der Waals surface area contributed by atoms with Crippen LogP contribution in [0.15, 0.2) is 36.5 Å². The average molecular weight is 288 g/mol.